The number of rotatable bonds is 6. The zero-order valence-electron chi connectivity index (χ0n) is 14.2. The Morgan fingerprint density at radius 3 is 2.84 bits per heavy atom. The number of para-hydroxylation sites is 1. The molecule has 1 aliphatic heterocycles. The van der Waals surface area contributed by atoms with Crippen LogP contribution in [0.5, 0.6) is 17.2 Å². The lowest BCUT2D eigenvalue weighted by atomic mass is 10.1. The summed E-state index contributed by atoms with van der Waals surface area (Å²) in [6.45, 7) is 4.03. The van der Waals surface area contributed by atoms with E-state index < -0.39 is 11.7 Å². The van der Waals surface area contributed by atoms with Gasteiger partial charge < -0.3 is 19.5 Å². The number of carbonyl (C=O) groups excluding carboxylic acids is 1. The van der Waals surface area contributed by atoms with E-state index in [4.69, 9.17) is 14.2 Å². The molecule has 1 amide bonds. The number of hydrogen-bond donors (Lipinski definition) is 1. The van der Waals surface area contributed by atoms with E-state index in [9.17, 15) is 9.18 Å². The van der Waals surface area contributed by atoms with Crippen molar-refractivity contribution in [2.45, 2.75) is 26.4 Å². The third-order valence-corrected chi connectivity index (χ3v) is 3.77. The topological polar surface area (TPSA) is 56.8 Å². The van der Waals surface area contributed by atoms with E-state index in [1.54, 1.807) is 18.2 Å². The third kappa shape index (κ3) is 4.02. The average molecular weight is 345 g/mol. The van der Waals surface area contributed by atoms with Gasteiger partial charge in [-0.05, 0) is 32.0 Å². The van der Waals surface area contributed by atoms with Crippen LogP contribution in [-0.2, 0) is 11.2 Å². The van der Waals surface area contributed by atoms with Crippen LogP contribution in [-0.4, -0.2) is 25.2 Å². The lowest BCUT2D eigenvalue weighted by Crippen LogP contribution is -2.21. The fourth-order valence-corrected chi connectivity index (χ4v) is 2.70. The lowest BCUT2D eigenvalue weighted by Gasteiger charge is -2.14. The second kappa shape index (κ2) is 7.42. The highest BCUT2D eigenvalue weighted by Crippen LogP contribution is 2.38. The molecule has 0 aromatic heterocycles. The highest BCUT2D eigenvalue weighted by Gasteiger charge is 2.22. The van der Waals surface area contributed by atoms with Gasteiger partial charge in [-0.15, -0.1) is 0 Å². The number of benzene rings is 2. The monoisotopic (exact) mass is 345 g/mol. The van der Waals surface area contributed by atoms with Crippen molar-refractivity contribution in [1.29, 1.82) is 0 Å². The maximum Gasteiger partial charge on any atom is 0.262 e. The van der Waals surface area contributed by atoms with Crippen LogP contribution in [0.2, 0.25) is 0 Å². The van der Waals surface area contributed by atoms with Gasteiger partial charge in [-0.3, -0.25) is 4.79 Å². The van der Waals surface area contributed by atoms with Crippen LogP contribution in [0.3, 0.4) is 0 Å². The Balaban J connectivity index is 1.70. The van der Waals surface area contributed by atoms with Crippen LogP contribution in [0.4, 0.5) is 10.1 Å². The summed E-state index contributed by atoms with van der Waals surface area (Å²) >= 11 is 0. The van der Waals surface area contributed by atoms with Crippen LogP contribution < -0.4 is 19.5 Å². The summed E-state index contributed by atoms with van der Waals surface area (Å²) in [5.74, 6) is 0.439. The first-order chi connectivity index (χ1) is 12.1. The van der Waals surface area contributed by atoms with Crippen molar-refractivity contribution in [3.63, 3.8) is 0 Å². The van der Waals surface area contributed by atoms with E-state index in [1.165, 1.54) is 12.1 Å². The fraction of sp³-hybridized carbons (Fsp3) is 0.316. The molecule has 0 radical (unpaired) electrons. The predicted octanol–water partition coefficient (Wildman–Crippen LogP) is 3.57. The molecule has 1 N–H and O–H groups in total. The van der Waals surface area contributed by atoms with E-state index in [-0.39, 0.29) is 18.5 Å². The standard InChI is InChI=1S/C19H20FNO4/c1-3-23-18-9-13-8-12(2)25-17(13)10-15(18)21-19(22)11-24-16-7-5-4-6-14(16)20/h4-7,9-10,12H,3,8,11H2,1-2H3,(H,21,22)/t12-/m0/s1. The Bertz CT molecular complexity index is 778. The number of ether oxygens (including phenoxy) is 3. The van der Waals surface area contributed by atoms with E-state index in [2.05, 4.69) is 5.32 Å². The first kappa shape index (κ1) is 17.1. The van der Waals surface area contributed by atoms with Crippen molar-refractivity contribution in [1.82, 2.24) is 0 Å². The van der Waals surface area contributed by atoms with Crippen LogP contribution in [0.15, 0.2) is 36.4 Å². The van der Waals surface area contributed by atoms with Gasteiger partial charge in [0, 0.05) is 18.1 Å². The summed E-state index contributed by atoms with van der Waals surface area (Å²) in [7, 11) is 0. The fourth-order valence-electron chi connectivity index (χ4n) is 2.70. The second-order valence-electron chi connectivity index (χ2n) is 5.79. The van der Waals surface area contributed by atoms with Crippen molar-refractivity contribution in [3.8, 4) is 17.2 Å². The molecule has 1 aliphatic rings. The molecule has 0 spiro atoms. The zero-order chi connectivity index (χ0) is 17.8. The summed E-state index contributed by atoms with van der Waals surface area (Å²) in [6, 6.07) is 9.59. The summed E-state index contributed by atoms with van der Waals surface area (Å²) in [4.78, 5) is 12.2. The molecule has 3 rings (SSSR count). The molecule has 5 nitrogen and oxygen atoms in total. The van der Waals surface area contributed by atoms with Crippen molar-refractivity contribution in [3.05, 3.63) is 47.8 Å². The minimum atomic E-state index is -0.509. The quantitative estimate of drug-likeness (QED) is 0.870. The summed E-state index contributed by atoms with van der Waals surface area (Å²) < 4.78 is 30.1. The molecule has 1 heterocycles. The van der Waals surface area contributed by atoms with E-state index in [0.29, 0.717) is 18.0 Å². The van der Waals surface area contributed by atoms with Crippen LogP contribution in [0, 0.1) is 5.82 Å². The Morgan fingerprint density at radius 2 is 2.08 bits per heavy atom. The molecule has 2 aromatic rings. The normalized spacial score (nSPS) is 15.2. The minimum Gasteiger partial charge on any atom is -0.492 e. The zero-order valence-corrected chi connectivity index (χ0v) is 14.2. The van der Waals surface area contributed by atoms with Crippen LogP contribution in [0.25, 0.3) is 0 Å². The highest BCUT2D eigenvalue weighted by molar-refractivity contribution is 5.93. The largest absolute Gasteiger partial charge is 0.492 e. The average Bonchev–Trinajstić information content (AvgIpc) is 2.93. The van der Waals surface area contributed by atoms with Gasteiger partial charge in [0.1, 0.15) is 17.6 Å². The number of anilines is 1. The number of amides is 1. The van der Waals surface area contributed by atoms with Crippen molar-refractivity contribution in [2.75, 3.05) is 18.5 Å². The molecule has 0 aliphatic carbocycles. The lowest BCUT2D eigenvalue weighted by molar-refractivity contribution is -0.118. The van der Waals surface area contributed by atoms with Crippen molar-refractivity contribution < 1.29 is 23.4 Å². The van der Waals surface area contributed by atoms with Gasteiger partial charge in [-0.2, -0.15) is 0 Å². The van der Waals surface area contributed by atoms with Gasteiger partial charge in [0.2, 0.25) is 0 Å². The summed E-state index contributed by atoms with van der Waals surface area (Å²) in [5, 5.41) is 2.74. The molecule has 1 atom stereocenters. The second-order valence-corrected chi connectivity index (χ2v) is 5.79. The number of hydrogen-bond acceptors (Lipinski definition) is 4. The van der Waals surface area contributed by atoms with Gasteiger partial charge in [-0.25, -0.2) is 4.39 Å². The molecule has 0 bridgehead atoms. The number of halogens is 1. The van der Waals surface area contributed by atoms with E-state index in [1.807, 2.05) is 19.9 Å². The molecule has 132 valence electrons. The molecule has 0 unspecified atom stereocenters. The van der Waals surface area contributed by atoms with E-state index in [0.717, 1.165) is 17.7 Å². The van der Waals surface area contributed by atoms with Crippen molar-refractivity contribution in [2.24, 2.45) is 0 Å². The first-order valence-electron chi connectivity index (χ1n) is 8.20. The van der Waals surface area contributed by atoms with Crippen LogP contribution in [0.1, 0.15) is 19.4 Å². The minimum absolute atomic E-state index is 0.0359. The molecular formula is C19H20FNO4. The Labute approximate surface area is 145 Å². The number of nitrogens with one attached hydrogen (secondary N) is 1. The van der Waals surface area contributed by atoms with Crippen LogP contribution >= 0.6 is 0 Å². The van der Waals surface area contributed by atoms with Gasteiger partial charge in [0.15, 0.2) is 18.2 Å². The molecule has 0 fully saturated rings. The van der Waals surface area contributed by atoms with Gasteiger partial charge in [-0.1, -0.05) is 12.1 Å². The Kier molecular flexibility index (Phi) is 5.07. The number of fused-ring (bicyclic) bond motifs is 1. The number of carbonyl (C=O) groups is 1. The van der Waals surface area contributed by atoms with E-state index >= 15 is 0 Å². The molecule has 25 heavy (non-hydrogen) atoms. The summed E-state index contributed by atoms with van der Waals surface area (Å²) in [5.41, 5.74) is 1.56. The molecule has 0 saturated heterocycles. The smallest absolute Gasteiger partial charge is 0.262 e. The maximum atomic E-state index is 13.5. The van der Waals surface area contributed by atoms with Gasteiger partial charge in [0.05, 0.1) is 12.3 Å². The maximum absolute atomic E-state index is 13.5. The first-order valence-corrected chi connectivity index (χ1v) is 8.20. The third-order valence-electron chi connectivity index (χ3n) is 3.77. The Hall–Kier alpha value is -2.76. The molecule has 0 saturated carbocycles. The van der Waals surface area contributed by atoms with Gasteiger partial charge in [0.25, 0.3) is 5.91 Å². The predicted molar refractivity (Wildman–Crippen MR) is 91.9 cm³/mol. The molecular weight excluding hydrogens is 325 g/mol. The molecule has 2 aromatic carbocycles. The highest BCUT2D eigenvalue weighted by atomic mass is 19.1. The molecule has 6 heteroatoms. The van der Waals surface area contributed by atoms with Gasteiger partial charge >= 0.3 is 0 Å². The Morgan fingerprint density at radius 1 is 1.28 bits per heavy atom. The SMILES string of the molecule is CCOc1cc2c(cc1NC(=O)COc1ccccc1F)O[C@@H](C)C2. The summed E-state index contributed by atoms with van der Waals surface area (Å²) in [6.07, 6.45) is 0.903. The van der Waals surface area contributed by atoms with Crippen molar-refractivity contribution >= 4 is 11.6 Å².